The molecule has 2 aromatic rings. The van der Waals surface area contributed by atoms with Gasteiger partial charge < -0.3 is 4.90 Å². The zero-order valence-corrected chi connectivity index (χ0v) is 11.7. The molecule has 0 radical (unpaired) electrons. The molecule has 0 aliphatic carbocycles. The maximum atomic E-state index is 5.82. The van der Waals surface area contributed by atoms with Crippen LogP contribution in [-0.4, -0.2) is 38.1 Å². The van der Waals surface area contributed by atoms with Gasteiger partial charge in [0, 0.05) is 38.1 Å². The fourth-order valence-corrected chi connectivity index (χ4v) is 2.06. The van der Waals surface area contributed by atoms with E-state index in [1.807, 2.05) is 29.5 Å². The third-order valence-electron chi connectivity index (χ3n) is 2.87. The number of rotatable bonds is 5. The molecule has 0 aliphatic heterocycles. The molecule has 0 amide bonds. The Morgan fingerprint density at radius 3 is 2.72 bits per heavy atom. The van der Waals surface area contributed by atoms with E-state index < -0.39 is 0 Å². The molecule has 0 spiro atoms. The number of hydrogen-bond donors (Lipinski definition) is 0. The van der Waals surface area contributed by atoms with Crippen LogP contribution in [0.5, 0.6) is 0 Å². The zero-order valence-electron chi connectivity index (χ0n) is 11.0. The van der Waals surface area contributed by atoms with Crippen molar-refractivity contribution in [2.45, 2.75) is 20.0 Å². The maximum absolute atomic E-state index is 5.82. The molecule has 6 heteroatoms. The number of hydrogen-bond acceptors (Lipinski definition) is 3. The van der Waals surface area contributed by atoms with Gasteiger partial charge >= 0.3 is 0 Å². The lowest BCUT2D eigenvalue weighted by Gasteiger charge is -2.15. The first kappa shape index (κ1) is 13.1. The van der Waals surface area contributed by atoms with Gasteiger partial charge in [-0.3, -0.25) is 9.36 Å². The van der Waals surface area contributed by atoms with Gasteiger partial charge in [0.15, 0.2) is 0 Å². The molecule has 0 atom stereocenters. The Morgan fingerprint density at radius 1 is 1.39 bits per heavy atom. The highest BCUT2D eigenvalue weighted by atomic mass is 35.5. The molecule has 2 rings (SSSR count). The fourth-order valence-electron chi connectivity index (χ4n) is 1.91. The minimum Gasteiger partial charge on any atom is -0.300 e. The second kappa shape index (κ2) is 5.54. The average Bonchev–Trinajstić information content (AvgIpc) is 2.83. The van der Waals surface area contributed by atoms with Crippen LogP contribution in [0.1, 0.15) is 11.3 Å². The van der Waals surface area contributed by atoms with Gasteiger partial charge in [-0.15, -0.1) is 0 Å². The van der Waals surface area contributed by atoms with Crippen LogP contribution >= 0.6 is 11.6 Å². The number of aryl methyl sites for hydroxylation is 2. The number of aromatic nitrogens is 4. The lowest BCUT2D eigenvalue weighted by atomic mass is 10.2. The molecule has 18 heavy (non-hydrogen) atoms. The van der Waals surface area contributed by atoms with Crippen LogP contribution in [-0.2, 0) is 20.1 Å². The predicted molar refractivity (Wildman–Crippen MR) is 71.5 cm³/mol. The summed E-state index contributed by atoms with van der Waals surface area (Å²) in [4.78, 5) is 2.25. The molecule has 0 N–H and O–H groups in total. The topological polar surface area (TPSA) is 38.9 Å². The third kappa shape index (κ3) is 3.34. The van der Waals surface area contributed by atoms with Crippen LogP contribution in [0.15, 0.2) is 18.6 Å². The lowest BCUT2D eigenvalue weighted by Crippen LogP contribution is -2.23. The van der Waals surface area contributed by atoms with Crippen LogP contribution in [0.2, 0.25) is 5.02 Å². The highest BCUT2D eigenvalue weighted by Crippen LogP contribution is 2.08. The van der Waals surface area contributed by atoms with Crippen molar-refractivity contribution >= 4 is 11.6 Å². The van der Waals surface area contributed by atoms with Crippen LogP contribution in [0, 0.1) is 6.92 Å². The molecule has 0 aromatic carbocycles. The Kier molecular flexibility index (Phi) is 4.04. The van der Waals surface area contributed by atoms with Crippen molar-refractivity contribution < 1.29 is 0 Å². The number of halogens is 1. The van der Waals surface area contributed by atoms with Crippen molar-refractivity contribution in [2.24, 2.45) is 7.05 Å². The standard InChI is InChI=1S/C12H18ClN5/c1-10-11(8-17(3)15-10)7-16(2)4-5-18-9-12(13)6-14-18/h6,8-9H,4-5,7H2,1-3H3. The molecule has 0 fully saturated rings. The van der Waals surface area contributed by atoms with Gasteiger partial charge in [-0.25, -0.2) is 0 Å². The van der Waals surface area contributed by atoms with E-state index in [1.54, 1.807) is 6.20 Å². The van der Waals surface area contributed by atoms with E-state index in [4.69, 9.17) is 11.6 Å². The predicted octanol–water partition coefficient (Wildman–Crippen LogP) is 1.71. The number of nitrogens with zero attached hydrogens (tertiary/aromatic N) is 5. The molecule has 5 nitrogen and oxygen atoms in total. The Morgan fingerprint density at radius 2 is 2.17 bits per heavy atom. The monoisotopic (exact) mass is 267 g/mol. The quantitative estimate of drug-likeness (QED) is 0.828. The van der Waals surface area contributed by atoms with Gasteiger partial charge in [-0.05, 0) is 14.0 Å². The number of likely N-dealkylation sites (N-methyl/N-ethyl adjacent to an activating group) is 1. The van der Waals surface area contributed by atoms with Gasteiger partial charge in [0.05, 0.1) is 23.5 Å². The SMILES string of the molecule is Cc1nn(C)cc1CN(C)CCn1cc(Cl)cn1. The van der Waals surface area contributed by atoms with Gasteiger partial charge in [0.2, 0.25) is 0 Å². The minimum atomic E-state index is 0.681. The summed E-state index contributed by atoms with van der Waals surface area (Å²) in [6.45, 7) is 4.69. The first-order valence-electron chi connectivity index (χ1n) is 5.90. The summed E-state index contributed by atoms with van der Waals surface area (Å²) in [7, 11) is 4.04. The molecule has 0 saturated carbocycles. The van der Waals surface area contributed by atoms with E-state index >= 15 is 0 Å². The Bertz CT molecular complexity index is 516. The van der Waals surface area contributed by atoms with Gasteiger partial charge in [0.1, 0.15) is 0 Å². The maximum Gasteiger partial charge on any atom is 0.0785 e. The van der Waals surface area contributed by atoms with Crippen molar-refractivity contribution in [1.29, 1.82) is 0 Å². The van der Waals surface area contributed by atoms with Crippen molar-refractivity contribution in [3.63, 3.8) is 0 Å². The first-order valence-corrected chi connectivity index (χ1v) is 6.28. The van der Waals surface area contributed by atoms with Crippen LogP contribution in [0.25, 0.3) is 0 Å². The molecule has 0 aliphatic rings. The van der Waals surface area contributed by atoms with Crippen LogP contribution in [0.4, 0.5) is 0 Å². The molecular formula is C12H18ClN5. The lowest BCUT2D eigenvalue weighted by molar-refractivity contribution is 0.304. The average molecular weight is 268 g/mol. The molecule has 2 aromatic heterocycles. The molecular weight excluding hydrogens is 250 g/mol. The van der Waals surface area contributed by atoms with E-state index in [2.05, 4.69) is 28.3 Å². The minimum absolute atomic E-state index is 0.681. The summed E-state index contributed by atoms with van der Waals surface area (Å²) in [5.74, 6) is 0. The van der Waals surface area contributed by atoms with Crippen molar-refractivity contribution in [3.05, 3.63) is 34.9 Å². The molecule has 0 unspecified atom stereocenters. The summed E-state index contributed by atoms with van der Waals surface area (Å²) < 4.78 is 3.71. The highest BCUT2D eigenvalue weighted by molar-refractivity contribution is 6.30. The van der Waals surface area contributed by atoms with E-state index in [1.165, 1.54) is 5.56 Å². The van der Waals surface area contributed by atoms with Gasteiger partial charge in [-0.2, -0.15) is 10.2 Å². The summed E-state index contributed by atoms with van der Waals surface area (Å²) >= 11 is 5.82. The summed E-state index contributed by atoms with van der Waals surface area (Å²) in [5, 5.41) is 9.18. The smallest absolute Gasteiger partial charge is 0.0785 e. The summed E-state index contributed by atoms with van der Waals surface area (Å²) in [6, 6.07) is 0. The van der Waals surface area contributed by atoms with E-state index in [0.717, 1.165) is 25.3 Å². The van der Waals surface area contributed by atoms with Crippen molar-refractivity contribution in [1.82, 2.24) is 24.5 Å². The Hall–Kier alpha value is -1.33. The Balaban J connectivity index is 1.85. The van der Waals surface area contributed by atoms with Gasteiger partial charge in [0.25, 0.3) is 0 Å². The molecule has 98 valence electrons. The second-order valence-corrected chi connectivity index (χ2v) is 5.01. The van der Waals surface area contributed by atoms with E-state index in [-0.39, 0.29) is 0 Å². The molecule has 0 saturated heterocycles. The summed E-state index contributed by atoms with van der Waals surface area (Å²) in [5.41, 5.74) is 2.35. The van der Waals surface area contributed by atoms with Crippen LogP contribution in [0.3, 0.4) is 0 Å². The largest absolute Gasteiger partial charge is 0.300 e. The zero-order chi connectivity index (χ0) is 13.1. The van der Waals surface area contributed by atoms with Crippen LogP contribution < -0.4 is 0 Å². The molecule has 2 heterocycles. The normalized spacial score (nSPS) is 11.4. The molecule has 0 bridgehead atoms. The second-order valence-electron chi connectivity index (χ2n) is 4.57. The summed E-state index contributed by atoms with van der Waals surface area (Å²) in [6.07, 6.45) is 5.56. The Labute approximate surface area is 112 Å². The highest BCUT2D eigenvalue weighted by Gasteiger charge is 2.06. The fraction of sp³-hybridized carbons (Fsp3) is 0.500. The van der Waals surface area contributed by atoms with Gasteiger partial charge in [-0.1, -0.05) is 11.6 Å². The van der Waals surface area contributed by atoms with Crippen molar-refractivity contribution in [2.75, 3.05) is 13.6 Å². The van der Waals surface area contributed by atoms with Crippen molar-refractivity contribution in [3.8, 4) is 0 Å². The van der Waals surface area contributed by atoms with E-state index in [0.29, 0.717) is 5.02 Å². The van der Waals surface area contributed by atoms with E-state index in [9.17, 15) is 0 Å². The first-order chi connectivity index (χ1) is 8.54. The third-order valence-corrected chi connectivity index (χ3v) is 3.06.